The number of hydrazone groups is 2. The molecule has 2 N–H and O–H groups in total. The van der Waals surface area contributed by atoms with Crippen molar-refractivity contribution in [2.45, 2.75) is 19.3 Å². The van der Waals surface area contributed by atoms with Gasteiger partial charge in [-0.15, -0.1) is 0 Å². The van der Waals surface area contributed by atoms with E-state index < -0.39 is 0 Å². The van der Waals surface area contributed by atoms with Crippen LogP contribution in [0.15, 0.2) is 58.7 Å². The van der Waals surface area contributed by atoms with Gasteiger partial charge in [0, 0.05) is 22.9 Å². The zero-order valence-corrected chi connectivity index (χ0v) is 15.9. The molecule has 0 radical (unpaired) electrons. The Kier molecular flexibility index (Phi) is 8.48. The van der Waals surface area contributed by atoms with Gasteiger partial charge in [-0.05, 0) is 41.8 Å². The molecule has 0 fully saturated rings. The number of carbonyl (C=O) groups excluding carboxylic acids is 2. The second-order valence-electron chi connectivity index (χ2n) is 5.54. The highest BCUT2D eigenvalue weighted by atomic mass is 35.5. The monoisotopic (exact) mass is 404 g/mol. The van der Waals surface area contributed by atoms with Gasteiger partial charge in [-0.2, -0.15) is 10.2 Å². The van der Waals surface area contributed by atoms with Crippen molar-refractivity contribution in [3.05, 3.63) is 69.7 Å². The minimum Gasteiger partial charge on any atom is -0.273 e. The lowest BCUT2D eigenvalue weighted by Gasteiger charge is -2.01. The van der Waals surface area contributed by atoms with Gasteiger partial charge in [-0.3, -0.25) is 9.59 Å². The molecule has 2 amide bonds. The molecule has 6 nitrogen and oxygen atoms in total. The van der Waals surface area contributed by atoms with Crippen molar-refractivity contribution in [3.8, 4) is 0 Å². The summed E-state index contributed by atoms with van der Waals surface area (Å²) in [4.78, 5) is 23.4. The van der Waals surface area contributed by atoms with Crippen LogP contribution in [0.5, 0.6) is 0 Å². The molecule has 0 atom stereocenters. The number of rotatable bonds is 8. The number of hydrogen-bond donors (Lipinski definition) is 2. The number of benzene rings is 2. The molecule has 0 aliphatic carbocycles. The van der Waals surface area contributed by atoms with Crippen molar-refractivity contribution in [1.29, 1.82) is 0 Å². The first kappa shape index (κ1) is 20.6. The van der Waals surface area contributed by atoms with Crippen LogP contribution in [-0.4, -0.2) is 24.2 Å². The van der Waals surface area contributed by atoms with Crippen molar-refractivity contribution < 1.29 is 9.59 Å². The van der Waals surface area contributed by atoms with Gasteiger partial charge >= 0.3 is 0 Å². The van der Waals surface area contributed by atoms with E-state index in [1.807, 2.05) is 0 Å². The van der Waals surface area contributed by atoms with Gasteiger partial charge in [0.05, 0.1) is 12.4 Å². The lowest BCUT2D eigenvalue weighted by Crippen LogP contribution is -2.20. The number of nitrogens with one attached hydrogen (secondary N) is 2. The van der Waals surface area contributed by atoms with Crippen LogP contribution in [0.4, 0.5) is 0 Å². The Bertz CT molecular complexity index is 749. The van der Waals surface area contributed by atoms with Gasteiger partial charge in [-0.1, -0.05) is 47.5 Å². The summed E-state index contributed by atoms with van der Waals surface area (Å²) in [7, 11) is 0. The molecule has 0 aromatic heterocycles. The van der Waals surface area contributed by atoms with Crippen LogP contribution in [-0.2, 0) is 9.59 Å². The first-order valence-corrected chi connectivity index (χ1v) is 8.93. The molecule has 0 aliphatic rings. The molecule has 0 aliphatic heterocycles. The van der Waals surface area contributed by atoms with Crippen LogP contribution in [0, 0.1) is 0 Å². The van der Waals surface area contributed by atoms with Crippen LogP contribution < -0.4 is 10.9 Å². The van der Waals surface area contributed by atoms with Crippen LogP contribution in [0.3, 0.4) is 0 Å². The highest BCUT2D eigenvalue weighted by Gasteiger charge is 2.03. The maximum Gasteiger partial charge on any atom is 0.240 e. The van der Waals surface area contributed by atoms with Crippen LogP contribution in [0.2, 0.25) is 10.0 Å². The third-order valence-corrected chi connectivity index (χ3v) is 3.86. The Morgan fingerprint density at radius 3 is 1.48 bits per heavy atom. The number of halogens is 2. The number of carbonyl (C=O) groups is 2. The predicted octanol–water partition coefficient (Wildman–Crippen LogP) is 3.76. The second-order valence-corrected chi connectivity index (χ2v) is 6.42. The Labute approximate surface area is 167 Å². The van der Waals surface area contributed by atoms with Crippen molar-refractivity contribution in [2.75, 3.05) is 0 Å². The van der Waals surface area contributed by atoms with Gasteiger partial charge in [0.25, 0.3) is 0 Å². The molecule has 2 rings (SSSR count). The molecule has 27 heavy (non-hydrogen) atoms. The molecule has 0 unspecified atom stereocenters. The standard InChI is InChI=1S/C19H18Cl2N4O2/c20-16-8-4-14(5-9-16)12-22-24-18(26)2-1-3-19(27)25-23-13-15-6-10-17(21)11-7-15/h4-13H,1-3H2,(H,24,26)(H,25,27)/b22-12-,23-13-. The lowest BCUT2D eigenvalue weighted by molar-refractivity contribution is -0.122. The molecule has 140 valence electrons. The van der Waals surface area contributed by atoms with E-state index in [-0.39, 0.29) is 24.7 Å². The lowest BCUT2D eigenvalue weighted by atomic mass is 10.2. The van der Waals surface area contributed by atoms with Crippen molar-refractivity contribution in [1.82, 2.24) is 10.9 Å². The molecule has 0 saturated carbocycles. The first-order valence-electron chi connectivity index (χ1n) is 8.18. The largest absolute Gasteiger partial charge is 0.273 e. The summed E-state index contributed by atoms with van der Waals surface area (Å²) in [6, 6.07) is 14.1. The minimum absolute atomic E-state index is 0.187. The molecule has 0 bridgehead atoms. The molecular formula is C19H18Cl2N4O2. The number of hydrogen-bond acceptors (Lipinski definition) is 4. The highest BCUT2D eigenvalue weighted by molar-refractivity contribution is 6.30. The van der Waals surface area contributed by atoms with E-state index in [1.165, 1.54) is 12.4 Å². The van der Waals surface area contributed by atoms with Gasteiger partial charge in [0.2, 0.25) is 11.8 Å². The van der Waals surface area contributed by atoms with E-state index in [0.29, 0.717) is 16.5 Å². The fraction of sp³-hybridized carbons (Fsp3) is 0.158. The Morgan fingerprint density at radius 1 is 0.741 bits per heavy atom. The Morgan fingerprint density at radius 2 is 1.11 bits per heavy atom. The van der Waals surface area contributed by atoms with E-state index in [2.05, 4.69) is 21.1 Å². The van der Waals surface area contributed by atoms with E-state index in [1.54, 1.807) is 48.5 Å². The van der Waals surface area contributed by atoms with E-state index in [0.717, 1.165) is 11.1 Å². The van der Waals surface area contributed by atoms with Crippen molar-refractivity contribution in [3.63, 3.8) is 0 Å². The molecule has 0 spiro atoms. The summed E-state index contributed by atoms with van der Waals surface area (Å²) in [5.74, 6) is -0.532. The SMILES string of the molecule is O=C(CCCC(=O)N/N=C\c1ccc(Cl)cc1)N/N=C\c1ccc(Cl)cc1. The van der Waals surface area contributed by atoms with Crippen LogP contribution in [0.1, 0.15) is 30.4 Å². The predicted molar refractivity (Wildman–Crippen MR) is 108 cm³/mol. The van der Waals surface area contributed by atoms with Crippen LogP contribution in [0.25, 0.3) is 0 Å². The maximum atomic E-state index is 11.7. The normalized spacial score (nSPS) is 11.0. The molecular weight excluding hydrogens is 387 g/mol. The van der Waals surface area contributed by atoms with E-state index >= 15 is 0 Å². The summed E-state index contributed by atoms with van der Waals surface area (Å²) in [6.45, 7) is 0. The van der Waals surface area contributed by atoms with Crippen molar-refractivity contribution in [2.24, 2.45) is 10.2 Å². The Balaban J connectivity index is 1.61. The minimum atomic E-state index is -0.266. The van der Waals surface area contributed by atoms with Gasteiger partial charge < -0.3 is 0 Å². The zero-order valence-electron chi connectivity index (χ0n) is 14.4. The summed E-state index contributed by atoms with van der Waals surface area (Å²) in [5, 5.41) is 8.98. The quantitative estimate of drug-likeness (QED) is 0.518. The maximum absolute atomic E-state index is 11.7. The molecule has 0 heterocycles. The zero-order chi connectivity index (χ0) is 19.5. The van der Waals surface area contributed by atoms with Gasteiger partial charge in [0.15, 0.2) is 0 Å². The molecule has 2 aromatic carbocycles. The number of nitrogens with zero attached hydrogens (tertiary/aromatic N) is 2. The molecule has 2 aromatic rings. The van der Waals surface area contributed by atoms with Gasteiger partial charge in [0.1, 0.15) is 0 Å². The average molecular weight is 405 g/mol. The topological polar surface area (TPSA) is 82.9 Å². The highest BCUT2D eigenvalue weighted by Crippen LogP contribution is 2.08. The average Bonchev–Trinajstić information content (AvgIpc) is 2.65. The van der Waals surface area contributed by atoms with Crippen molar-refractivity contribution >= 4 is 47.4 Å². The summed E-state index contributed by atoms with van der Waals surface area (Å²) >= 11 is 11.6. The second kappa shape index (κ2) is 11.1. The summed E-state index contributed by atoms with van der Waals surface area (Å²) < 4.78 is 0. The Hall–Kier alpha value is -2.70. The van der Waals surface area contributed by atoms with Crippen LogP contribution >= 0.6 is 23.2 Å². The number of amides is 2. The fourth-order valence-electron chi connectivity index (χ4n) is 1.98. The van der Waals surface area contributed by atoms with E-state index in [9.17, 15) is 9.59 Å². The van der Waals surface area contributed by atoms with E-state index in [4.69, 9.17) is 23.2 Å². The molecule has 0 saturated heterocycles. The smallest absolute Gasteiger partial charge is 0.240 e. The summed E-state index contributed by atoms with van der Waals surface area (Å²) in [5.41, 5.74) is 6.46. The third kappa shape index (κ3) is 8.48. The third-order valence-electron chi connectivity index (χ3n) is 3.35. The molecule has 8 heteroatoms. The first-order chi connectivity index (χ1) is 13.0. The fourth-order valence-corrected chi connectivity index (χ4v) is 2.23. The summed E-state index contributed by atoms with van der Waals surface area (Å²) in [6.07, 6.45) is 3.81. The van der Waals surface area contributed by atoms with Gasteiger partial charge in [-0.25, -0.2) is 10.9 Å².